The summed E-state index contributed by atoms with van der Waals surface area (Å²) >= 11 is 0. The summed E-state index contributed by atoms with van der Waals surface area (Å²) in [4.78, 5) is 5.19. The number of hydrogen-bond donors (Lipinski definition) is 0. The van der Waals surface area contributed by atoms with E-state index in [-0.39, 0.29) is 0 Å². The molecule has 3 saturated heterocycles. The van der Waals surface area contributed by atoms with Crippen molar-refractivity contribution < 1.29 is 9.47 Å². The standard InChI is InChI=1S/C17H24N2O2/c1-12-5-16-17(21-11-20-16)6-14(12)9-19-8-13-3-4-15(19)10-18(2)7-13/h5-6,13,15H,3-4,7-11H2,1-2H3/t13-,15+/m0/s1. The molecule has 0 radical (unpaired) electrons. The van der Waals surface area contributed by atoms with Gasteiger partial charge in [0.25, 0.3) is 0 Å². The van der Waals surface area contributed by atoms with Crippen LogP contribution in [0.1, 0.15) is 24.0 Å². The monoisotopic (exact) mass is 288 g/mol. The molecule has 0 spiro atoms. The Morgan fingerprint density at radius 1 is 1.10 bits per heavy atom. The van der Waals surface area contributed by atoms with Crippen molar-refractivity contribution in [1.82, 2.24) is 9.80 Å². The van der Waals surface area contributed by atoms with Crippen LogP contribution >= 0.6 is 0 Å². The highest BCUT2D eigenvalue weighted by molar-refractivity contribution is 5.48. The average Bonchev–Trinajstić information content (AvgIpc) is 2.73. The van der Waals surface area contributed by atoms with Crippen LogP contribution in [0.25, 0.3) is 0 Å². The fourth-order valence-electron chi connectivity index (χ4n) is 4.08. The number of fused-ring (bicyclic) bond motifs is 5. The lowest BCUT2D eigenvalue weighted by Crippen LogP contribution is -2.43. The molecule has 0 unspecified atom stereocenters. The molecule has 0 aliphatic carbocycles. The zero-order valence-electron chi connectivity index (χ0n) is 13.0. The van der Waals surface area contributed by atoms with Gasteiger partial charge in [-0.2, -0.15) is 0 Å². The Morgan fingerprint density at radius 2 is 1.90 bits per heavy atom. The number of aryl methyl sites for hydroxylation is 1. The van der Waals surface area contributed by atoms with Crippen LogP contribution < -0.4 is 9.47 Å². The van der Waals surface area contributed by atoms with Crippen LogP contribution in [0, 0.1) is 12.8 Å². The summed E-state index contributed by atoms with van der Waals surface area (Å²) in [5.41, 5.74) is 2.70. The van der Waals surface area contributed by atoms with Crippen LogP contribution in [0.5, 0.6) is 11.5 Å². The largest absolute Gasteiger partial charge is 0.454 e. The summed E-state index contributed by atoms with van der Waals surface area (Å²) in [6.07, 6.45) is 2.74. The molecule has 3 fully saturated rings. The molecule has 1 aromatic rings. The highest BCUT2D eigenvalue weighted by Crippen LogP contribution is 2.36. The summed E-state index contributed by atoms with van der Waals surface area (Å²) in [5.74, 6) is 2.64. The predicted octanol–water partition coefficient (Wildman–Crippen LogP) is 2.25. The van der Waals surface area contributed by atoms with Gasteiger partial charge in [0.1, 0.15) is 0 Å². The Balaban J connectivity index is 1.56. The van der Waals surface area contributed by atoms with Gasteiger partial charge >= 0.3 is 0 Å². The van der Waals surface area contributed by atoms with E-state index in [4.69, 9.17) is 9.47 Å². The van der Waals surface area contributed by atoms with Gasteiger partial charge < -0.3 is 14.4 Å². The summed E-state index contributed by atoms with van der Waals surface area (Å²) < 4.78 is 11.0. The Hall–Kier alpha value is -1.26. The number of piperidine rings is 1. The maximum absolute atomic E-state index is 5.54. The van der Waals surface area contributed by atoms with Crippen LogP contribution in [-0.2, 0) is 6.54 Å². The summed E-state index contributed by atoms with van der Waals surface area (Å²) in [6.45, 7) is 7.28. The van der Waals surface area contributed by atoms with Gasteiger partial charge in [0, 0.05) is 32.2 Å². The minimum atomic E-state index is 0.359. The first kappa shape index (κ1) is 13.4. The van der Waals surface area contributed by atoms with Gasteiger partial charge in [0.2, 0.25) is 6.79 Å². The highest BCUT2D eigenvalue weighted by atomic mass is 16.7. The minimum absolute atomic E-state index is 0.359. The molecule has 4 nitrogen and oxygen atoms in total. The highest BCUT2D eigenvalue weighted by Gasteiger charge is 2.33. The van der Waals surface area contributed by atoms with Crippen molar-refractivity contribution in [3.05, 3.63) is 23.3 Å². The van der Waals surface area contributed by atoms with Gasteiger partial charge in [0.15, 0.2) is 11.5 Å². The second-order valence-electron chi connectivity index (χ2n) is 6.88. The lowest BCUT2D eigenvalue weighted by Gasteiger charge is -2.36. The van der Waals surface area contributed by atoms with E-state index in [1.165, 1.54) is 43.6 Å². The van der Waals surface area contributed by atoms with Crippen LogP contribution in [0.15, 0.2) is 12.1 Å². The van der Waals surface area contributed by atoms with E-state index >= 15 is 0 Å². The molecule has 4 heterocycles. The Kier molecular flexibility index (Phi) is 3.31. The second-order valence-corrected chi connectivity index (χ2v) is 6.88. The van der Waals surface area contributed by atoms with Crippen LogP contribution in [-0.4, -0.2) is 49.3 Å². The van der Waals surface area contributed by atoms with Crippen molar-refractivity contribution in [2.75, 3.05) is 33.5 Å². The number of rotatable bonds is 2. The minimum Gasteiger partial charge on any atom is -0.454 e. The number of ether oxygens (including phenoxy) is 2. The molecule has 4 heteroatoms. The molecule has 4 aliphatic heterocycles. The first-order valence-corrected chi connectivity index (χ1v) is 8.01. The molecule has 0 N–H and O–H groups in total. The number of likely N-dealkylation sites (N-methyl/N-ethyl adjacent to an activating group) is 1. The molecule has 2 atom stereocenters. The lowest BCUT2D eigenvalue weighted by molar-refractivity contribution is 0.124. The summed E-state index contributed by atoms with van der Waals surface area (Å²) in [7, 11) is 2.26. The zero-order valence-corrected chi connectivity index (χ0v) is 13.0. The Morgan fingerprint density at radius 3 is 2.76 bits per heavy atom. The van der Waals surface area contributed by atoms with E-state index in [1.54, 1.807) is 0 Å². The normalized spacial score (nSPS) is 28.9. The fourth-order valence-corrected chi connectivity index (χ4v) is 4.08. The maximum atomic E-state index is 5.54. The van der Waals surface area contributed by atoms with E-state index in [9.17, 15) is 0 Å². The predicted molar refractivity (Wildman–Crippen MR) is 81.7 cm³/mol. The summed E-state index contributed by atoms with van der Waals surface area (Å²) in [5, 5.41) is 0. The molecular weight excluding hydrogens is 264 g/mol. The van der Waals surface area contributed by atoms with Gasteiger partial charge in [-0.25, -0.2) is 0 Å². The second kappa shape index (κ2) is 5.18. The maximum Gasteiger partial charge on any atom is 0.231 e. The fraction of sp³-hybridized carbons (Fsp3) is 0.647. The molecule has 0 amide bonds. The third-order valence-electron chi connectivity index (χ3n) is 5.21. The van der Waals surface area contributed by atoms with E-state index in [0.717, 1.165) is 24.0 Å². The van der Waals surface area contributed by atoms with Crippen molar-refractivity contribution in [2.45, 2.75) is 32.4 Å². The van der Waals surface area contributed by atoms with Crippen molar-refractivity contribution in [1.29, 1.82) is 0 Å². The van der Waals surface area contributed by atoms with Crippen LogP contribution in [0.4, 0.5) is 0 Å². The zero-order chi connectivity index (χ0) is 14.4. The van der Waals surface area contributed by atoms with Gasteiger partial charge in [-0.15, -0.1) is 0 Å². The smallest absolute Gasteiger partial charge is 0.231 e. The number of nitrogens with zero attached hydrogens (tertiary/aromatic N) is 2. The van der Waals surface area contributed by atoms with Gasteiger partial charge in [-0.3, -0.25) is 4.90 Å². The molecule has 114 valence electrons. The average molecular weight is 288 g/mol. The number of benzene rings is 1. The Bertz CT molecular complexity index is 546. The summed E-state index contributed by atoms with van der Waals surface area (Å²) in [6, 6.07) is 5.01. The number of hydrogen-bond acceptors (Lipinski definition) is 4. The first-order valence-electron chi connectivity index (χ1n) is 8.01. The molecule has 0 aromatic heterocycles. The van der Waals surface area contributed by atoms with Crippen LogP contribution in [0.2, 0.25) is 0 Å². The quantitative estimate of drug-likeness (QED) is 0.833. The van der Waals surface area contributed by atoms with Gasteiger partial charge in [0.05, 0.1) is 0 Å². The molecule has 5 rings (SSSR count). The van der Waals surface area contributed by atoms with Gasteiger partial charge in [-0.05, 0) is 56.0 Å². The van der Waals surface area contributed by atoms with Crippen LogP contribution in [0.3, 0.4) is 0 Å². The first-order chi connectivity index (χ1) is 10.2. The Labute approximate surface area is 126 Å². The molecule has 4 aliphatic rings. The topological polar surface area (TPSA) is 24.9 Å². The molecule has 2 bridgehead atoms. The van der Waals surface area contributed by atoms with E-state index in [2.05, 4.69) is 35.9 Å². The van der Waals surface area contributed by atoms with Crippen molar-refractivity contribution in [2.24, 2.45) is 5.92 Å². The van der Waals surface area contributed by atoms with Crippen molar-refractivity contribution >= 4 is 0 Å². The van der Waals surface area contributed by atoms with E-state index in [0.29, 0.717) is 12.8 Å². The van der Waals surface area contributed by atoms with Crippen molar-refractivity contribution in [3.8, 4) is 11.5 Å². The SMILES string of the molecule is Cc1cc2c(cc1CN1C[C@H]3CC[C@@H]1CN(C)C3)OCO2. The third-order valence-corrected chi connectivity index (χ3v) is 5.21. The molecule has 0 saturated carbocycles. The molecule has 1 aromatic carbocycles. The molecule has 21 heavy (non-hydrogen) atoms. The third kappa shape index (κ3) is 2.51. The van der Waals surface area contributed by atoms with Crippen molar-refractivity contribution in [3.63, 3.8) is 0 Å². The molecular formula is C17H24N2O2. The van der Waals surface area contributed by atoms with Gasteiger partial charge in [-0.1, -0.05) is 0 Å². The lowest BCUT2D eigenvalue weighted by atomic mass is 9.94. The van der Waals surface area contributed by atoms with E-state index in [1.807, 2.05) is 0 Å². The van der Waals surface area contributed by atoms with E-state index < -0.39 is 0 Å².